The minimum Gasteiger partial charge on any atom is -0.345 e. The molecule has 3 rings (SSSR count). The van der Waals surface area contributed by atoms with Crippen molar-refractivity contribution >= 4 is 27.0 Å². The lowest BCUT2D eigenvalue weighted by molar-refractivity contribution is 0.597. The minimum atomic E-state index is -3.93. The Morgan fingerprint density at radius 3 is 2.42 bits per heavy atom. The van der Waals surface area contributed by atoms with Gasteiger partial charge in [-0.2, -0.15) is 0 Å². The van der Waals surface area contributed by atoms with E-state index < -0.39 is 15.8 Å². The highest BCUT2D eigenvalue weighted by Gasteiger charge is 2.24. The second kappa shape index (κ2) is 6.51. The predicted octanol–water partition coefficient (Wildman–Crippen LogP) is 4.32. The normalized spacial score (nSPS) is 11.8. The Labute approximate surface area is 156 Å². The van der Waals surface area contributed by atoms with Gasteiger partial charge in [0, 0.05) is 17.6 Å². The van der Waals surface area contributed by atoms with E-state index in [1.54, 1.807) is 37.6 Å². The van der Waals surface area contributed by atoms with Gasteiger partial charge in [-0.3, -0.25) is 4.72 Å². The third kappa shape index (κ3) is 3.26. The molecule has 0 aliphatic rings. The van der Waals surface area contributed by atoms with Crippen molar-refractivity contribution < 1.29 is 12.8 Å². The number of nitrogens with one attached hydrogen (secondary N) is 1. The van der Waals surface area contributed by atoms with Crippen LogP contribution in [-0.2, 0) is 17.1 Å². The number of halogens is 1. The molecule has 3 aromatic rings. The molecule has 0 amide bonds. The highest BCUT2D eigenvalue weighted by atomic mass is 32.2. The highest BCUT2D eigenvalue weighted by Crippen LogP contribution is 2.32. The third-order valence-electron chi connectivity index (χ3n) is 4.39. The summed E-state index contributed by atoms with van der Waals surface area (Å²) in [7, 11) is -2.13. The van der Waals surface area contributed by atoms with Gasteiger partial charge >= 0.3 is 0 Å². The van der Waals surface area contributed by atoms with Gasteiger partial charge in [-0.1, -0.05) is 6.07 Å². The van der Waals surface area contributed by atoms with E-state index in [0.29, 0.717) is 11.4 Å². The molecule has 0 aliphatic carbocycles. The monoisotopic (exact) mass is 393 g/mol. The second-order valence-corrected chi connectivity index (χ2v) is 9.14. The van der Waals surface area contributed by atoms with E-state index in [1.807, 2.05) is 13.8 Å². The number of aryl methyl sites for hydroxylation is 3. The highest BCUT2D eigenvalue weighted by molar-refractivity contribution is 7.92. The van der Waals surface area contributed by atoms with E-state index in [1.165, 1.54) is 23.5 Å². The van der Waals surface area contributed by atoms with Crippen molar-refractivity contribution in [3.05, 3.63) is 51.9 Å². The zero-order valence-electron chi connectivity index (χ0n) is 15.2. The van der Waals surface area contributed by atoms with Crippen LogP contribution in [-0.4, -0.2) is 18.0 Å². The zero-order valence-corrected chi connectivity index (χ0v) is 16.8. The number of sulfonamides is 1. The van der Waals surface area contributed by atoms with E-state index in [4.69, 9.17) is 0 Å². The number of hydrogen-bond donors (Lipinski definition) is 1. The number of rotatable bonds is 4. The van der Waals surface area contributed by atoms with Gasteiger partial charge in [0.25, 0.3) is 10.0 Å². The summed E-state index contributed by atoms with van der Waals surface area (Å²) < 4.78 is 43.8. The molecule has 1 N–H and O–H groups in total. The number of thiazole rings is 1. The lowest BCUT2D eigenvalue weighted by atomic mass is 10.2. The van der Waals surface area contributed by atoms with Gasteiger partial charge in [0.05, 0.1) is 17.1 Å². The maximum absolute atomic E-state index is 14.1. The molecule has 5 nitrogen and oxygen atoms in total. The maximum Gasteiger partial charge on any atom is 0.263 e. The van der Waals surface area contributed by atoms with E-state index in [9.17, 15) is 12.8 Å². The van der Waals surface area contributed by atoms with Crippen LogP contribution in [0.4, 0.5) is 10.1 Å². The summed E-state index contributed by atoms with van der Waals surface area (Å²) in [6, 6.07) is 5.96. The molecule has 2 heterocycles. The molecule has 0 fully saturated rings. The lowest BCUT2D eigenvalue weighted by Crippen LogP contribution is -2.14. The first-order valence-corrected chi connectivity index (χ1v) is 10.3. The predicted molar refractivity (Wildman–Crippen MR) is 103 cm³/mol. The lowest BCUT2D eigenvalue weighted by Gasteiger charge is -2.09. The fourth-order valence-corrected chi connectivity index (χ4v) is 4.96. The van der Waals surface area contributed by atoms with Crippen LogP contribution in [0.3, 0.4) is 0 Å². The quantitative estimate of drug-likeness (QED) is 0.718. The van der Waals surface area contributed by atoms with Gasteiger partial charge in [0.2, 0.25) is 0 Å². The summed E-state index contributed by atoms with van der Waals surface area (Å²) in [6.45, 7) is 7.36. The Bertz CT molecular complexity index is 1080. The van der Waals surface area contributed by atoms with Crippen molar-refractivity contribution in [2.24, 2.45) is 7.05 Å². The number of aromatic nitrogens is 2. The Morgan fingerprint density at radius 1 is 1.15 bits per heavy atom. The van der Waals surface area contributed by atoms with Crippen LogP contribution in [0.15, 0.2) is 29.2 Å². The standard InChI is InChI=1S/C18H20FN3O2S2/c1-10-6-7-15(14(19)8-10)21-26(23,24)17-9-16(22(5)12(17)3)18-20-11(2)13(4)25-18/h6-9,21H,1-5H3. The average Bonchev–Trinajstić information content (AvgIpc) is 3.03. The summed E-state index contributed by atoms with van der Waals surface area (Å²) in [6.07, 6.45) is 0. The summed E-state index contributed by atoms with van der Waals surface area (Å²) in [5.74, 6) is -0.603. The van der Waals surface area contributed by atoms with Crippen LogP contribution in [0.25, 0.3) is 10.7 Å². The average molecular weight is 394 g/mol. The van der Waals surface area contributed by atoms with Crippen molar-refractivity contribution in [3.63, 3.8) is 0 Å². The molecular formula is C18H20FN3O2S2. The van der Waals surface area contributed by atoms with Gasteiger partial charge in [0.15, 0.2) is 0 Å². The molecule has 1 aromatic carbocycles. The first-order chi connectivity index (χ1) is 12.1. The molecule has 0 radical (unpaired) electrons. The van der Waals surface area contributed by atoms with Crippen molar-refractivity contribution in [3.8, 4) is 10.7 Å². The molecular weight excluding hydrogens is 373 g/mol. The number of anilines is 1. The third-order valence-corrected chi connectivity index (χ3v) is 6.97. The van der Waals surface area contributed by atoms with Gasteiger partial charge in [-0.05, 0) is 51.5 Å². The van der Waals surface area contributed by atoms with Gasteiger partial charge < -0.3 is 4.57 Å². The van der Waals surface area contributed by atoms with Crippen LogP contribution in [0.1, 0.15) is 21.8 Å². The van der Waals surface area contributed by atoms with Crippen molar-refractivity contribution in [2.75, 3.05) is 4.72 Å². The number of nitrogens with zero attached hydrogens (tertiary/aromatic N) is 2. The molecule has 0 saturated carbocycles. The Kier molecular flexibility index (Phi) is 4.66. The Hall–Kier alpha value is -2.19. The summed E-state index contributed by atoms with van der Waals surface area (Å²) in [4.78, 5) is 5.71. The first kappa shape index (κ1) is 18.6. The van der Waals surface area contributed by atoms with Crippen molar-refractivity contribution in [1.29, 1.82) is 0 Å². The van der Waals surface area contributed by atoms with Crippen molar-refractivity contribution in [2.45, 2.75) is 32.6 Å². The SMILES string of the molecule is Cc1ccc(NS(=O)(=O)c2cc(-c3nc(C)c(C)s3)n(C)c2C)c(F)c1. The van der Waals surface area contributed by atoms with Gasteiger partial charge in [-0.25, -0.2) is 17.8 Å². The van der Waals surface area contributed by atoms with Crippen LogP contribution < -0.4 is 4.72 Å². The fraction of sp³-hybridized carbons (Fsp3) is 0.278. The van der Waals surface area contributed by atoms with E-state index >= 15 is 0 Å². The molecule has 0 atom stereocenters. The summed E-state index contributed by atoms with van der Waals surface area (Å²) in [5.41, 5.74) is 2.85. The summed E-state index contributed by atoms with van der Waals surface area (Å²) in [5, 5.41) is 0.758. The van der Waals surface area contributed by atoms with Crippen LogP contribution in [0.5, 0.6) is 0 Å². The molecule has 0 aliphatic heterocycles. The molecule has 2 aromatic heterocycles. The van der Waals surface area contributed by atoms with Crippen molar-refractivity contribution in [1.82, 2.24) is 9.55 Å². The Balaban J connectivity index is 2.04. The molecule has 0 saturated heterocycles. The zero-order chi connectivity index (χ0) is 19.2. The van der Waals surface area contributed by atoms with Crippen LogP contribution in [0.2, 0.25) is 0 Å². The van der Waals surface area contributed by atoms with Gasteiger partial charge in [0.1, 0.15) is 15.7 Å². The molecule has 0 spiro atoms. The largest absolute Gasteiger partial charge is 0.345 e. The van der Waals surface area contributed by atoms with Crippen LogP contribution >= 0.6 is 11.3 Å². The fourth-order valence-electron chi connectivity index (χ4n) is 2.63. The number of hydrogen-bond acceptors (Lipinski definition) is 4. The molecule has 138 valence electrons. The summed E-state index contributed by atoms with van der Waals surface area (Å²) >= 11 is 1.52. The maximum atomic E-state index is 14.1. The van der Waals surface area contributed by atoms with E-state index in [2.05, 4.69) is 9.71 Å². The van der Waals surface area contributed by atoms with Gasteiger partial charge in [-0.15, -0.1) is 11.3 Å². The second-order valence-electron chi connectivity index (χ2n) is 6.29. The molecule has 8 heteroatoms. The molecule has 0 bridgehead atoms. The molecule has 26 heavy (non-hydrogen) atoms. The number of benzene rings is 1. The van der Waals surface area contributed by atoms with Crippen LogP contribution in [0, 0.1) is 33.5 Å². The smallest absolute Gasteiger partial charge is 0.263 e. The van der Waals surface area contributed by atoms with E-state index in [-0.39, 0.29) is 10.6 Å². The first-order valence-electron chi connectivity index (χ1n) is 8.00. The topological polar surface area (TPSA) is 64.0 Å². The minimum absolute atomic E-state index is 0.0682. The Morgan fingerprint density at radius 2 is 1.85 bits per heavy atom. The van der Waals surface area contributed by atoms with E-state index in [0.717, 1.165) is 21.1 Å². The molecule has 0 unspecified atom stereocenters.